The molecule has 0 amide bonds. The van der Waals surface area contributed by atoms with Crippen molar-refractivity contribution in [2.24, 2.45) is 0 Å². The van der Waals surface area contributed by atoms with Gasteiger partial charge in [-0.2, -0.15) is 0 Å². The van der Waals surface area contributed by atoms with E-state index in [1.54, 1.807) is 6.07 Å². The first kappa shape index (κ1) is 13.3. The maximum atomic E-state index is 6.28. The molecule has 0 saturated carbocycles. The third kappa shape index (κ3) is 2.14. The summed E-state index contributed by atoms with van der Waals surface area (Å²) in [4.78, 5) is 0. The van der Waals surface area contributed by atoms with Crippen molar-refractivity contribution in [3.05, 3.63) is 23.2 Å². The first-order valence-electron chi connectivity index (χ1n) is 6.53. The Hall–Kier alpha value is -1.66. The molecule has 7 heteroatoms. The molecule has 20 heavy (non-hydrogen) atoms. The van der Waals surface area contributed by atoms with E-state index in [4.69, 9.17) is 22.1 Å². The number of tetrazole rings is 1. The molecule has 0 atom stereocenters. The lowest BCUT2D eigenvalue weighted by Gasteiger charge is -2.33. The highest BCUT2D eigenvalue weighted by atomic mass is 35.5. The summed E-state index contributed by atoms with van der Waals surface area (Å²) in [7, 11) is 0. The van der Waals surface area contributed by atoms with Gasteiger partial charge in [0.05, 0.1) is 16.2 Å². The predicted molar refractivity (Wildman–Crippen MR) is 76.4 cm³/mol. The minimum Gasteiger partial charge on any atom is -0.398 e. The number of benzene rings is 1. The van der Waals surface area contributed by atoms with Gasteiger partial charge in [0.15, 0.2) is 5.82 Å². The van der Waals surface area contributed by atoms with Crippen LogP contribution in [-0.4, -0.2) is 33.4 Å². The van der Waals surface area contributed by atoms with Gasteiger partial charge < -0.3 is 10.5 Å². The molecular formula is C13H16ClN5O. The summed E-state index contributed by atoms with van der Waals surface area (Å²) in [6, 6.07) is 5.49. The van der Waals surface area contributed by atoms with Gasteiger partial charge in [0, 0.05) is 18.8 Å². The number of aromatic nitrogens is 4. The number of nitrogens with zero attached hydrogens (tertiary/aromatic N) is 4. The number of nitrogen functional groups attached to an aromatic ring is 1. The maximum absolute atomic E-state index is 6.28. The van der Waals surface area contributed by atoms with Gasteiger partial charge in [0.25, 0.3) is 0 Å². The van der Waals surface area contributed by atoms with Crippen molar-refractivity contribution in [1.82, 2.24) is 20.2 Å². The largest absolute Gasteiger partial charge is 0.398 e. The molecular weight excluding hydrogens is 278 g/mol. The second kappa shape index (κ2) is 5.03. The lowest BCUT2D eigenvalue weighted by molar-refractivity contribution is 0.0240. The number of ether oxygens (including phenoxy) is 1. The van der Waals surface area contributed by atoms with Crippen molar-refractivity contribution >= 4 is 17.3 Å². The summed E-state index contributed by atoms with van der Waals surface area (Å²) >= 11 is 6.28. The van der Waals surface area contributed by atoms with E-state index >= 15 is 0 Å². The van der Waals surface area contributed by atoms with Crippen molar-refractivity contribution in [2.75, 3.05) is 18.9 Å². The van der Waals surface area contributed by atoms with Gasteiger partial charge in [-0.05, 0) is 42.3 Å². The van der Waals surface area contributed by atoms with Gasteiger partial charge in [-0.15, -0.1) is 5.10 Å². The Bertz CT molecular complexity index is 621. The summed E-state index contributed by atoms with van der Waals surface area (Å²) in [5.74, 6) is 0.645. The second-order valence-corrected chi connectivity index (χ2v) is 5.61. The second-order valence-electron chi connectivity index (χ2n) is 5.23. The molecule has 1 aliphatic rings. The topological polar surface area (TPSA) is 78.9 Å². The van der Waals surface area contributed by atoms with E-state index in [0.717, 1.165) is 18.4 Å². The Balaban J connectivity index is 2.08. The molecule has 2 N–H and O–H groups in total. The van der Waals surface area contributed by atoms with Gasteiger partial charge in [0.2, 0.25) is 0 Å². The Morgan fingerprint density at radius 1 is 1.35 bits per heavy atom. The van der Waals surface area contributed by atoms with Crippen LogP contribution in [-0.2, 0) is 10.3 Å². The highest BCUT2D eigenvalue weighted by molar-refractivity contribution is 6.35. The number of halogens is 1. The Labute approximate surface area is 121 Å². The van der Waals surface area contributed by atoms with Crippen molar-refractivity contribution in [1.29, 1.82) is 0 Å². The fourth-order valence-corrected chi connectivity index (χ4v) is 2.67. The SMILES string of the molecule is CC1(n2nnnc2-c2cccc(N)c2Cl)CCOCC1. The smallest absolute Gasteiger partial charge is 0.184 e. The zero-order chi connectivity index (χ0) is 14.2. The molecule has 0 radical (unpaired) electrons. The molecule has 0 spiro atoms. The van der Waals surface area contributed by atoms with Crippen LogP contribution >= 0.6 is 11.6 Å². The molecule has 2 aromatic rings. The zero-order valence-corrected chi connectivity index (χ0v) is 12.0. The van der Waals surface area contributed by atoms with Gasteiger partial charge in [-0.25, -0.2) is 4.68 Å². The average molecular weight is 294 g/mol. The fraction of sp³-hybridized carbons (Fsp3) is 0.462. The zero-order valence-electron chi connectivity index (χ0n) is 11.2. The summed E-state index contributed by atoms with van der Waals surface area (Å²) in [5.41, 5.74) is 6.97. The number of rotatable bonds is 2. The molecule has 0 bridgehead atoms. The van der Waals surface area contributed by atoms with Crippen LogP contribution in [0.2, 0.25) is 5.02 Å². The van der Waals surface area contributed by atoms with Gasteiger partial charge in [-0.1, -0.05) is 17.7 Å². The monoisotopic (exact) mass is 293 g/mol. The summed E-state index contributed by atoms with van der Waals surface area (Å²) in [6.45, 7) is 3.55. The van der Waals surface area contributed by atoms with Gasteiger partial charge in [-0.3, -0.25) is 0 Å². The third-order valence-electron chi connectivity index (χ3n) is 3.82. The van der Waals surface area contributed by atoms with Gasteiger partial charge >= 0.3 is 0 Å². The standard InChI is InChI=1S/C13H16ClN5O/c1-13(5-7-20-8-6-13)19-12(16-17-18-19)9-3-2-4-10(15)11(9)14/h2-4H,5-8,15H2,1H3. The van der Waals surface area contributed by atoms with Gasteiger partial charge in [0.1, 0.15) is 0 Å². The minimum absolute atomic E-state index is 0.162. The average Bonchev–Trinajstić information content (AvgIpc) is 2.93. The first-order chi connectivity index (χ1) is 9.62. The molecule has 1 aliphatic heterocycles. The van der Waals surface area contributed by atoms with Crippen LogP contribution in [0.1, 0.15) is 19.8 Å². The quantitative estimate of drug-likeness (QED) is 0.858. The maximum Gasteiger partial charge on any atom is 0.184 e. The van der Waals surface area contributed by atoms with Crippen molar-refractivity contribution in [2.45, 2.75) is 25.3 Å². The van der Waals surface area contributed by atoms with E-state index in [-0.39, 0.29) is 5.54 Å². The van der Waals surface area contributed by atoms with E-state index in [0.29, 0.717) is 29.7 Å². The van der Waals surface area contributed by atoms with E-state index in [2.05, 4.69) is 22.4 Å². The van der Waals surface area contributed by atoms with Crippen molar-refractivity contribution < 1.29 is 4.74 Å². The van der Waals surface area contributed by atoms with Crippen LogP contribution in [0.3, 0.4) is 0 Å². The molecule has 1 aromatic heterocycles. The van der Waals surface area contributed by atoms with Crippen LogP contribution in [0.5, 0.6) is 0 Å². The summed E-state index contributed by atoms with van der Waals surface area (Å²) in [5, 5.41) is 12.6. The summed E-state index contributed by atoms with van der Waals surface area (Å²) in [6.07, 6.45) is 1.73. The molecule has 106 valence electrons. The van der Waals surface area contributed by atoms with Crippen LogP contribution in [0.25, 0.3) is 11.4 Å². The third-order valence-corrected chi connectivity index (χ3v) is 4.24. The molecule has 1 aromatic carbocycles. The Kier molecular flexibility index (Phi) is 3.35. The molecule has 0 aliphatic carbocycles. The van der Waals surface area contributed by atoms with E-state index in [1.807, 2.05) is 16.8 Å². The first-order valence-corrected chi connectivity index (χ1v) is 6.90. The molecule has 0 unspecified atom stereocenters. The molecule has 3 rings (SSSR count). The normalized spacial score (nSPS) is 18.1. The van der Waals surface area contributed by atoms with Crippen molar-refractivity contribution in [3.63, 3.8) is 0 Å². The predicted octanol–water partition coefficient (Wildman–Crippen LogP) is 2.10. The van der Waals surface area contributed by atoms with Crippen LogP contribution in [0, 0.1) is 0 Å². The number of nitrogens with two attached hydrogens (primary N) is 1. The van der Waals surface area contributed by atoms with Crippen LogP contribution in [0.4, 0.5) is 5.69 Å². The van der Waals surface area contributed by atoms with Crippen LogP contribution in [0.15, 0.2) is 18.2 Å². The highest BCUT2D eigenvalue weighted by Crippen LogP contribution is 2.35. The van der Waals surface area contributed by atoms with Crippen LogP contribution < -0.4 is 5.73 Å². The summed E-state index contributed by atoms with van der Waals surface area (Å²) < 4.78 is 7.27. The molecule has 6 nitrogen and oxygen atoms in total. The van der Waals surface area contributed by atoms with E-state index < -0.39 is 0 Å². The number of hydrogen-bond donors (Lipinski definition) is 1. The Morgan fingerprint density at radius 2 is 2.10 bits per heavy atom. The minimum atomic E-state index is -0.162. The van der Waals surface area contributed by atoms with E-state index in [1.165, 1.54) is 0 Å². The Morgan fingerprint density at radius 3 is 2.85 bits per heavy atom. The molecule has 1 saturated heterocycles. The number of hydrogen-bond acceptors (Lipinski definition) is 5. The molecule has 1 fully saturated rings. The van der Waals surface area contributed by atoms with Crippen molar-refractivity contribution in [3.8, 4) is 11.4 Å². The lowest BCUT2D eigenvalue weighted by atomic mass is 9.92. The molecule has 2 heterocycles. The highest BCUT2D eigenvalue weighted by Gasteiger charge is 2.33. The lowest BCUT2D eigenvalue weighted by Crippen LogP contribution is -2.38. The number of anilines is 1. The van der Waals surface area contributed by atoms with E-state index in [9.17, 15) is 0 Å². The fourth-order valence-electron chi connectivity index (χ4n) is 2.46.